The van der Waals surface area contributed by atoms with Crippen LogP contribution in [0.3, 0.4) is 0 Å². The molecule has 8 nitrogen and oxygen atoms in total. The number of hydrogen-bond acceptors (Lipinski definition) is 6. The Labute approximate surface area is 272 Å². The van der Waals surface area contributed by atoms with Crippen LogP contribution in [-0.2, 0) is 13.1 Å². The highest BCUT2D eigenvalue weighted by atomic mass is 16.2. The zero-order chi connectivity index (χ0) is 32.8. The van der Waals surface area contributed by atoms with Crippen molar-refractivity contribution in [3.63, 3.8) is 0 Å². The molecule has 2 heterocycles. The molecule has 224 valence electrons. The summed E-state index contributed by atoms with van der Waals surface area (Å²) in [7, 11) is 0. The summed E-state index contributed by atoms with van der Waals surface area (Å²) in [6.07, 6.45) is 0. The molecule has 8 heteroatoms. The maximum absolute atomic E-state index is 14.0. The molecule has 0 N–H and O–H groups in total. The van der Waals surface area contributed by atoms with Crippen LogP contribution in [0.1, 0.15) is 63.7 Å². The summed E-state index contributed by atoms with van der Waals surface area (Å²) >= 11 is 0. The third-order valence-electron chi connectivity index (χ3n) is 9.61. The Bertz CT molecular complexity index is 2580. The number of carbonyl (C=O) groups is 4. The third kappa shape index (κ3) is 3.51. The fourth-order valence-electron chi connectivity index (χ4n) is 7.56. The fourth-order valence-corrected chi connectivity index (χ4v) is 7.56. The first kappa shape index (κ1) is 27.4. The standard InChI is InChI=1S/C40H20N4O4/c41-17-23-15-29-35-30(40(48)44(39(29)47)20-22-9-5-2-6-10-22)16-24(18-42)32-26-12-14-28-34-27(13-11-25(33(26)34)31(23)36(32)35)37(45)43(38(28)46)19-21-7-3-1-4-8-21/h1-16H,19-20H2. The Balaban J connectivity index is 1.35. The summed E-state index contributed by atoms with van der Waals surface area (Å²) in [6.45, 7) is 0.140. The van der Waals surface area contributed by atoms with Gasteiger partial charge in [-0.15, -0.1) is 0 Å². The SMILES string of the molecule is N#Cc1cc2c3c(cc(C#N)c4c5ccc6c7c(ccc(c1c34)c75)C(=O)N(Cc1ccccc1)C6=O)C(=O)N(Cc1ccccc1)C2=O. The van der Waals surface area contributed by atoms with Crippen LogP contribution in [0.4, 0.5) is 0 Å². The van der Waals surface area contributed by atoms with E-state index in [1.807, 2.05) is 60.7 Å². The van der Waals surface area contributed by atoms with E-state index in [4.69, 9.17) is 0 Å². The Hall–Kier alpha value is -6.90. The minimum Gasteiger partial charge on any atom is -0.270 e. The van der Waals surface area contributed by atoms with Crippen LogP contribution < -0.4 is 0 Å². The second-order valence-electron chi connectivity index (χ2n) is 12.1. The van der Waals surface area contributed by atoms with Gasteiger partial charge in [-0.1, -0.05) is 72.8 Å². The van der Waals surface area contributed by atoms with E-state index in [0.29, 0.717) is 54.2 Å². The van der Waals surface area contributed by atoms with E-state index in [1.54, 1.807) is 24.3 Å². The lowest BCUT2D eigenvalue weighted by atomic mass is 9.79. The van der Waals surface area contributed by atoms with Gasteiger partial charge in [0.25, 0.3) is 23.6 Å². The number of fused-ring (bicyclic) bond motifs is 2. The normalized spacial score (nSPS) is 14.0. The number of nitriles is 2. The van der Waals surface area contributed by atoms with Gasteiger partial charge in [0.1, 0.15) is 0 Å². The van der Waals surface area contributed by atoms with E-state index >= 15 is 0 Å². The summed E-state index contributed by atoms with van der Waals surface area (Å²) in [5, 5.41) is 25.0. The molecule has 9 rings (SSSR count). The van der Waals surface area contributed by atoms with E-state index in [2.05, 4.69) is 12.1 Å². The molecule has 0 atom stereocenters. The molecule has 48 heavy (non-hydrogen) atoms. The zero-order valence-corrected chi connectivity index (χ0v) is 25.1. The topological polar surface area (TPSA) is 122 Å². The molecule has 0 aliphatic carbocycles. The summed E-state index contributed by atoms with van der Waals surface area (Å²) in [6, 6.07) is 32.8. The minimum atomic E-state index is -0.527. The molecule has 2 aliphatic heterocycles. The van der Waals surface area contributed by atoms with Crippen molar-refractivity contribution in [2.45, 2.75) is 13.1 Å². The lowest BCUT2D eigenvalue weighted by Gasteiger charge is -2.30. The number of benzene rings is 7. The highest BCUT2D eigenvalue weighted by Gasteiger charge is 2.38. The van der Waals surface area contributed by atoms with Crippen LogP contribution >= 0.6 is 0 Å². The molecular formula is C40H20N4O4. The molecule has 0 saturated carbocycles. The first-order chi connectivity index (χ1) is 23.4. The molecule has 0 unspecified atom stereocenters. The van der Waals surface area contributed by atoms with Crippen LogP contribution in [0.5, 0.6) is 0 Å². The molecule has 4 amide bonds. The van der Waals surface area contributed by atoms with Crippen LogP contribution in [0.25, 0.3) is 43.1 Å². The lowest BCUT2D eigenvalue weighted by molar-refractivity contribution is 0.0583. The highest BCUT2D eigenvalue weighted by molar-refractivity contribution is 6.42. The summed E-state index contributed by atoms with van der Waals surface area (Å²) in [5.74, 6) is -1.93. The van der Waals surface area contributed by atoms with Gasteiger partial charge in [-0.3, -0.25) is 29.0 Å². The van der Waals surface area contributed by atoms with E-state index in [9.17, 15) is 29.7 Å². The molecular weight excluding hydrogens is 600 g/mol. The van der Waals surface area contributed by atoms with Crippen LogP contribution in [0.15, 0.2) is 97.1 Å². The molecule has 0 saturated heterocycles. The Morgan fingerprint density at radius 1 is 0.438 bits per heavy atom. The van der Waals surface area contributed by atoms with Gasteiger partial charge in [-0.25, -0.2) is 0 Å². The van der Waals surface area contributed by atoms with Crippen LogP contribution in [0.2, 0.25) is 0 Å². The van der Waals surface area contributed by atoms with E-state index < -0.39 is 23.6 Å². The molecule has 7 aromatic carbocycles. The zero-order valence-electron chi connectivity index (χ0n) is 25.1. The van der Waals surface area contributed by atoms with Crippen molar-refractivity contribution in [1.82, 2.24) is 9.80 Å². The van der Waals surface area contributed by atoms with Gasteiger partial charge in [0.15, 0.2) is 0 Å². The van der Waals surface area contributed by atoms with Gasteiger partial charge in [0.2, 0.25) is 0 Å². The van der Waals surface area contributed by atoms with Crippen molar-refractivity contribution >= 4 is 66.7 Å². The molecule has 0 radical (unpaired) electrons. The molecule has 0 aromatic heterocycles. The molecule has 2 aliphatic rings. The maximum Gasteiger partial charge on any atom is 0.261 e. The van der Waals surface area contributed by atoms with Crippen molar-refractivity contribution < 1.29 is 19.2 Å². The van der Waals surface area contributed by atoms with Gasteiger partial charge in [0.05, 0.1) is 47.5 Å². The van der Waals surface area contributed by atoms with Crippen LogP contribution in [0, 0.1) is 22.7 Å². The Morgan fingerprint density at radius 2 is 0.833 bits per heavy atom. The molecule has 0 spiro atoms. The number of amides is 4. The Morgan fingerprint density at radius 3 is 1.25 bits per heavy atom. The third-order valence-corrected chi connectivity index (χ3v) is 9.61. The van der Waals surface area contributed by atoms with Crippen molar-refractivity contribution in [3.8, 4) is 12.1 Å². The van der Waals surface area contributed by atoms with Crippen molar-refractivity contribution in [3.05, 3.63) is 142 Å². The van der Waals surface area contributed by atoms with Crippen molar-refractivity contribution in [1.29, 1.82) is 10.5 Å². The first-order valence-electron chi connectivity index (χ1n) is 15.3. The predicted octanol–water partition coefficient (Wildman–Crippen LogP) is 7.07. The lowest BCUT2D eigenvalue weighted by Crippen LogP contribution is -2.40. The van der Waals surface area contributed by atoms with E-state index in [-0.39, 0.29) is 35.3 Å². The number of hydrogen-bond donors (Lipinski definition) is 0. The van der Waals surface area contributed by atoms with E-state index in [0.717, 1.165) is 16.0 Å². The van der Waals surface area contributed by atoms with Crippen molar-refractivity contribution in [2.24, 2.45) is 0 Å². The maximum atomic E-state index is 14.0. The molecule has 0 bridgehead atoms. The first-order valence-corrected chi connectivity index (χ1v) is 15.3. The van der Waals surface area contributed by atoms with Gasteiger partial charge in [-0.05, 0) is 51.6 Å². The highest BCUT2D eigenvalue weighted by Crippen LogP contribution is 2.48. The number of nitrogens with zero attached hydrogens (tertiary/aromatic N) is 4. The smallest absolute Gasteiger partial charge is 0.261 e. The summed E-state index contributed by atoms with van der Waals surface area (Å²) in [4.78, 5) is 58.3. The van der Waals surface area contributed by atoms with Gasteiger partial charge >= 0.3 is 0 Å². The second kappa shape index (κ2) is 9.80. The quantitative estimate of drug-likeness (QED) is 0.118. The molecule has 0 fully saturated rings. The molecule has 7 aromatic rings. The summed E-state index contributed by atoms with van der Waals surface area (Å²) in [5.41, 5.74) is 3.04. The predicted molar refractivity (Wildman–Crippen MR) is 178 cm³/mol. The number of rotatable bonds is 4. The van der Waals surface area contributed by atoms with Gasteiger partial charge in [-0.2, -0.15) is 10.5 Å². The number of imide groups is 2. The Kier molecular flexibility index (Phi) is 5.60. The van der Waals surface area contributed by atoms with Crippen molar-refractivity contribution in [2.75, 3.05) is 0 Å². The fraction of sp³-hybridized carbons (Fsp3) is 0.0500. The van der Waals surface area contributed by atoms with Gasteiger partial charge < -0.3 is 0 Å². The van der Waals surface area contributed by atoms with Crippen LogP contribution in [-0.4, -0.2) is 33.4 Å². The second-order valence-corrected chi connectivity index (χ2v) is 12.1. The minimum absolute atomic E-state index is 0.0315. The van der Waals surface area contributed by atoms with E-state index in [1.165, 1.54) is 17.0 Å². The average Bonchev–Trinajstić information content (AvgIpc) is 3.12. The van der Waals surface area contributed by atoms with Gasteiger partial charge in [0, 0.05) is 38.1 Å². The monoisotopic (exact) mass is 620 g/mol. The largest absolute Gasteiger partial charge is 0.270 e. The number of carbonyl (C=O) groups excluding carboxylic acids is 4. The summed E-state index contributed by atoms with van der Waals surface area (Å²) < 4.78 is 0. The average molecular weight is 621 g/mol.